The van der Waals surface area contributed by atoms with Gasteiger partial charge in [-0.2, -0.15) is 0 Å². The fourth-order valence-corrected chi connectivity index (χ4v) is 0.352. The molecule has 0 spiro atoms. The average molecular weight is 196 g/mol. The van der Waals surface area contributed by atoms with Crippen molar-refractivity contribution in [3.63, 3.8) is 0 Å². The zero-order chi connectivity index (χ0) is 4.83. The van der Waals surface area contributed by atoms with Crippen molar-refractivity contribution >= 4 is 25.7 Å². The first-order valence-corrected chi connectivity index (χ1v) is 2.79. The molecule has 0 radical (unpaired) electrons. The van der Waals surface area contributed by atoms with Crippen LogP contribution in [-0.4, -0.2) is 32.2 Å². The van der Waals surface area contributed by atoms with Crippen LogP contribution in [0.15, 0.2) is 12.7 Å². The van der Waals surface area contributed by atoms with Crippen LogP contribution in [0.3, 0.4) is 0 Å². The quantitative estimate of drug-likeness (QED) is 0.308. The summed E-state index contributed by atoms with van der Waals surface area (Å²) < 4.78 is 2.76. The Kier molecular flexibility index (Phi) is 5.20. The molecule has 0 aromatic carbocycles. The van der Waals surface area contributed by atoms with Crippen molar-refractivity contribution in [1.29, 1.82) is 0 Å². The maximum atomic E-state index is 3.50. The molecule has 2 heteroatoms. The fraction of sp³-hybridized carbons (Fsp3) is 0.250. The zero-order valence-electron chi connectivity index (χ0n) is 3.40. The number of nitrogens with one attached hydrogen (secondary N) is 1. The Morgan fingerprint density at radius 2 is 2.67 bits per heavy atom. The van der Waals surface area contributed by atoms with E-state index in [4.69, 9.17) is 0 Å². The van der Waals surface area contributed by atoms with Crippen LogP contribution >= 0.6 is 0 Å². The van der Waals surface area contributed by atoms with Crippen LogP contribution in [0.1, 0.15) is 0 Å². The van der Waals surface area contributed by atoms with Crippen molar-refractivity contribution in [3.05, 3.63) is 12.7 Å². The van der Waals surface area contributed by atoms with E-state index in [0.717, 1.165) is 6.54 Å². The topological polar surface area (TPSA) is 14.0 Å². The van der Waals surface area contributed by atoms with E-state index in [-0.39, 0.29) is 0 Å². The first kappa shape index (κ1) is 6.11. The summed E-state index contributed by atoms with van der Waals surface area (Å²) in [7, 11) is 0. The Morgan fingerprint density at radius 3 is 2.83 bits per heavy atom. The molecule has 0 unspecified atom stereocenters. The van der Waals surface area contributed by atoms with Crippen LogP contribution in [0.4, 0.5) is 0 Å². The molecule has 0 aliphatic heterocycles. The van der Waals surface area contributed by atoms with Gasteiger partial charge in [-0.15, -0.1) is 0 Å². The molecule has 6 heavy (non-hydrogen) atoms. The summed E-state index contributed by atoms with van der Waals surface area (Å²) in [5.41, 5.74) is 0. The Bertz CT molecular complexity index is 81.5. The van der Waals surface area contributed by atoms with Crippen molar-refractivity contribution < 1.29 is 4.99 Å². The molecule has 32 valence electrons. The van der Waals surface area contributed by atoms with E-state index in [0.29, 0.717) is 0 Å². The van der Waals surface area contributed by atoms with Gasteiger partial charge in [-0.3, -0.25) is 0 Å². The molecular weight excluding hydrogens is 190 g/mol. The summed E-state index contributed by atoms with van der Waals surface area (Å²) in [6.45, 7) is 4.32. The molecule has 0 amide bonds. The first-order valence-electron chi connectivity index (χ1n) is 1.62. The van der Waals surface area contributed by atoms with Gasteiger partial charge in [0.1, 0.15) is 0 Å². The van der Waals surface area contributed by atoms with Crippen LogP contribution in [0.2, 0.25) is 0 Å². The predicted octanol–water partition coefficient (Wildman–Crippen LogP) is -1.67. The standard InChI is InChI=1S/C4H5NTe/c1-2-3-5-4-6/h2H,1,3H2/p+1. The Balaban J connectivity index is 3.07. The third kappa shape index (κ3) is 4.11. The van der Waals surface area contributed by atoms with E-state index < -0.39 is 0 Å². The fourth-order valence-electron chi connectivity index (χ4n) is 0.114. The number of rotatable bonds is 2. The van der Waals surface area contributed by atoms with Crippen molar-refractivity contribution in [2.45, 2.75) is 0 Å². The van der Waals surface area contributed by atoms with E-state index in [1.54, 1.807) is 27.9 Å². The summed E-state index contributed by atoms with van der Waals surface area (Å²) >= 11 is 1.76. The first-order chi connectivity index (χ1) is 2.91. The second-order valence-electron chi connectivity index (χ2n) is 0.772. The molecule has 0 aromatic rings. The van der Waals surface area contributed by atoms with Gasteiger partial charge in [0.2, 0.25) is 0 Å². The molecule has 0 bridgehead atoms. The predicted molar refractivity (Wildman–Crippen MR) is 26.8 cm³/mol. The molecule has 0 fully saturated rings. The molecular formula is C4H6NTe+. The van der Waals surface area contributed by atoms with Gasteiger partial charge in [0.25, 0.3) is 0 Å². The van der Waals surface area contributed by atoms with Crippen molar-refractivity contribution in [2.75, 3.05) is 6.54 Å². The monoisotopic (exact) mass is 198 g/mol. The Hall–Kier alpha value is 0.110. The molecule has 0 heterocycles. The summed E-state index contributed by atoms with van der Waals surface area (Å²) in [4.78, 5) is 2.83. The molecule has 0 rings (SSSR count). The summed E-state index contributed by atoms with van der Waals surface area (Å²) in [5.74, 6) is 0. The summed E-state index contributed by atoms with van der Waals surface area (Å²) in [5, 5.41) is 0. The molecule has 0 aliphatic carbocycles. The SMILES string of the molecule is C=CC[NH+]=C=[Te]. The second-order valence-corrected chi connectivity index (χ2v) is 1.35. The average Bonchev–Trinajstić information content (AvgIpc) is 1.61. The van der Waals surface area contributed by atoms with Crippen molar-refractivity contribution in [3.8, 4) is 0 Å². The molecule has 0 aliphatic rings. The van der Waals surface area contributed by atoms with Crippen LogP contribution in [-0.2, 0) is 0 Å². The number of hydrogen-bond acceptors (Lipinski definition) is 0. The minimum absolute atomic E-state index is 0.818. The van der Waals surface area contributed by atoms with Gasteiger partial charge in [-0.05, 0) is 0 Å². The van der Waals surface area contributed by atoms with Gasteiger partial charge >= 0.3 is 49.9 Å². The van der Waals surface area contributed by atoms with Gasteiger partial charge in [-0.1, -0.05) is 0 Å². The van der Waals surface area contributed by atoms with E-state index >= 15 is 0 Å². The summed E-state index contributed by atoms with van der Waals surface area (Å²) in [6, 6.07) is 0. The molecule has 1 nitrogen and oxygen atoms in total. The van der Waals surface area contributed by atoms with Crippen molar-refractivity contribution in [2.24, 2.45) is 0 Å². The molecule has 0 saturated heterocycles. The van der Waals surface area contributed by atoms with Gasteiger partial charge in [0, 0.05) is 0 Å². The normalized spacial score (nSPS) is 6.00. The molecule has 1 N–H and O–H groups in total. The van der Waals surface area contributed by atoms with Gasteiger partial charge < -0.3 is 0 Å². The Morgan fingerprint density at radius 1 is 2.00 bits per heavy atom. The van der Waals surface area contributed by atoms with Crippen LogP contribution < -0.4 is 4.99 Å². The van der Waals surface area contributed by atoms with E-state index in [2.05, 4.69) is 15.4 Å². The minimum atomic E-state index is 0.818. The molecule has 0 aromatic heterocycles. The van der Waals surface area contributed by atoms with E-state index in [1.165, 1.54) is 0 Å². The second kappa shape index (κ2) is 5.11. The van der Waals surface area contributed by atoms with Crippen LogP contribution in [0.5, 0.6) is 0 Å². The zero-order valence-corrected chi connectivity index (χ0v) is 5.73. The molecule has 0 saturated carbocycles. The van der Waals surface area contributed by atoms with E-state index in [9.17, 15) is 0 Å². The van der Waals surface area contributed by atoms with Crippen molar-refractivity contribution in [1.82, 2.24) is 0 Å². The third-order valence-electron chi connectivity index (χ3n) is 0.319. The number of hydrogen-bond donors (Lipinski definition) is 1. The third-order valence-corrected chi connectivity index (χ3v) is 0.731. The molecule has 0 atom stereocenters. The van der Waals surface area contributed by atoms with Gasteiger partial charge in [0.15, 0.2) is 0 Å². The van der Waals surface area contributed by atoms with Crippen LogP contribution in [0.25, 0.3) is 0 Å². The van der Waals surface area contributed by atoms with E-state index in [1.807, 2.05) is 0 Å². The van der Waals surface area contributed by atoms with Crippen LogP contribution in [0, 0.1) is 0 Å². The van der Waals surface area contributed by atoms with Gasteiger partial charge in [0.05, 0.1) is 0 Å². The summed E-state index contributed by atoms with van der Waals surface area (Å²) in [6.07, 6.45) is 1.79. The maximum absolute atomic E-state index is 3.50. The Labute approximate surface area is 50.2 Å². The van der Waals surface area contributed by atoms with Gasteiger partial charge in [-0.25, -0.2) is 0 Å².